The van der Waals surface area contributed by atoms with E-state index in [9.17, 15) is 9.59 Å². The summed E-state index contributed by atoms with van der Waals surface area (Å²) in [5.41, 5.74) is 0. The van der Waals surface area contributed by atoms with Crippen LogP contribution >= 0.6 is 0 Å². The second-order valence-corrected chi connectivity index (χ2v) is 3.94. The van der Waals surface area contributed by atoms with Gasteiger partial charge in [-0.1, -0.05) is 26.0 Å². The maximum Gasteiger partial charge on any atom is 0.310 e. The van der Waals surface area contributed by atoms with Crippen molar-refractivity contribution in [3.63, 3.8) is 0 Å². The van der Waals surface area contributed by atoms with Gasteiger partial charge in [-0.15, -0.1) is 0 Å². The standard InChI is InChI=1S/C11H18O4/c1-8(2)5-3-4-6-9(11(14)15)7-10(12)13/h4,6,8-9H,3,5,7H2,1-2H3,(H,12,13)(H,14,15). The maximum absolute atomic E-state index is 10.6. The fraction of sp³-hybridized carbons (Fsp3) is 0.636. The Balaban J connectivity index is 4.05. The molecule has 1 unspecified atom stereocenters. The molecular formula is C11H18O4. The molecule has 86 valence electrons. The van der Waals surface area contributed by atoms with Gasteiger partial charge in [0, 0.05) is 0 Å². The van der Waals surface area contributed by atoms with Crippen LogP contribution in [0.2, 0.25) is 0 Å². The molecule has 2 N–H and O–H groups in total. The molecule has 0 rings (SSSR count). The van der Waals surface area contributed by atoms with Gasteiger partial charge in [-0.3, -0.25) is 9.59 Å². The number of carboxylic acids is 2. The molecule has 0 aliphatic carbocycles. The minimum atomic E-state index is -1.09. The molecule has 4 heteroatoms. The molecule has 0 saturated heterocycles. The minimum absolute atomic E-state index is 0.354. The molecular weight excluding hydrogens is 196 g/mol. The number of carbonyl (C=O) groups is 2. The first-order valence-electron chi connectivity index (χ1n) is 5.04. The lowest BCUT2D eigenvalue weighted by atomic mass is 10.0. The summed E-state index contributed by atoms with van der Waals surface area (Å²) in [6.45, 7) is 4.17. The number of rotatable bonds is 7. The van der Waals surface area contributed by atoms with Crippen LogP contribution < -0.4 is 0 Å². The van der Waals surface area contributed by atoms with Gasteiger partial charge in [-0.05, 0) is 18.8 Å². The molecule has 0 radical (unpaired) electrons. The van der Waals surface area contributed by atoms with Crippen LogP contribution in [0.25, 0.3) is 0 Å². The van der Waals surface area contributed by atoms with Crippen molar-refractivity contribution in [2.45, 2.75) is 33.1 Å². The zero-order valence-electron chi connectivity index (χ0n) is 9.14. The molecule has 15 heavy (non-hydrogen) atoms. The van der Waals surface area contributed by atoms with Gasteiger partial charge in [0.15, 0.2) is 0 Å². The summed E-state index contributed by atoms with van der Waals surface area (Å²) < 4.78 is 0. The first kappa shape index (κ1) is 13.7. The van der Waals surface area contributed by atoms with E-state index in [0.29, 0.717) is 5.92 Å². The lowest BCUT2D eigenvalue weighted by molar-refractivity contribution is -0.146. The SMILES string of the molecule is CC(C)CCC=CC(CC(=O)O)C(=O)O. The monoisotopic (exact) mass is 214 g/mol. The van der Waals surface area contributed by atoms with Crippen molar-refractivity contribution < 1.29 is 19.8 Å². The highest BCUT2D eigenvalue weighted by Crippen LogP contribution is 2.09. The predicted octanol–water partition coefficient (Wildman–Crippen LogP) is 2.15. The Labute approximate surface area is 89.6 Å². The number of carboxylic acid groups (broad SMARTS) is 2. The Morgan fingerprint density at radius 1 is 1.27 bits per heavy atom. The van der Waals surface area contributed by atoms with E-state index in [4.69, 9.17) is 10.2 Å². The summed E-state index contributed by atoms with van der Waals surface area (Å²) >= 11 is 0. The number of allylic oxidation sites excluding steroid dienone is 1. The summed E-state index contributed by atoms with van der Waals surface area (Å²) in [6.07, 6.45) is 4.64. The molecule has 0 aromatic rings. The molecule has 0 aromatic heterocycles. The molecule has 0 bridgehead atoms. The topological polar surface area (TPSA) is 74.6 Å². The summed E-state index contributed by atoms with van der Waals surface area (Å²) in [5.74, 6) is -2.51. The minimum Gasteiger partial charge on any atom is -0.481 e. The van der Waals surface area contributed by atoms with Gasteiger partial charge < -0.3 is 10.2 Å². The first-order chi connectivity index (χ1) is 6.93. The van der Waals surface area contributed by atoms with Crippen LogP contribution in [0.5, 0.6) is 0 Å². The highest BCUT2D eigenvalue weighted by atomic mass is 16.4. The van der Waals surface area contributed by atoms with E-state index in [1.54, 1.807) is 6.08 Å². The normalized spacial score (nSPS) is 13.3. The Bertz CT molecular complexity index is 243. The largest absolute Gasteiger partial charge is 0.481 e. The average molecular weight is 214 g/mol. The third-order valence-electron chi connectivity index (χ3n) is 1.99. The lowest BCUT2D eigenvalue weighted by Gasteiger charge is -2.04. The Morgan fingerprint density at radius 2 is 1.87 bits per heavy atom. The number of aliphatic carboxylic acids is 2. The maximum atomic E-state index is 10.6. The molecule has 4 nitrogen and oxygen atoms in total. The molecule has 1 atom stereocenters. The van der Waals surface area contributed by atoms with Crippen molar-refractivity contribution in [2.24, 2.45) is 11.8 Å². The van der Waals surface area contributed by atoms with E-state index >= 15 is 0 Å². The van der Waals surface area contributed by atoms with Crippen LogP contribution in [0.4, 0.5) is 0 Å². The van der Waals surface area contributed by atoms with Crippen molar-refractivity contribution in [1.82, 2.24) is 0 Å². The molecule has 0 saturated carbocycles. The van der Waals surface area contributed by atoms with Gasteiger partial charge in [-0.2, -0.15) is 0 Å². The fourth-order valence-electron chi connectivity index (χ4n) is 1.12. The van der Waals surface area contributed by atoms with Gasteiger partial charge in [0.1, 0.15) is 0 Å². The predicted molar refractivity (Wildman–Crippen MR) is 56.6 cm³/mol. The van der Waals surface area contributed by atoms with E-state index in [1.807, 2.05) is 0 Å². The van der Waals surface area contributed by atoms with E-state index in [0.717, 1.165) is 12.8 Å². The number of hydrogen-bond acceptors (Lipinski definition) is 2. The van der Waals surface area contributed by atoms with Gasteiger partial charge in [0.25, 0.3) is 0 Å². The highest BCUT2D eigenvalue weighted by Gasteiger charge is 2.17. The van der Waals surface area contributed by atoms with Crippen LogP contribution in [-0.4, -0.2) is 22.2 Å². The number of hydrogen-bond donors (Lipinski definition) is 2. The van der Waals surface area contributed by atoms with E-state index in [-0.39, 0.29) is 6.42 Å². The molecule has 0 aliphatic rings. The van der Waals surface area contributed by atoms with Crippen molar-refractivity contribution in [3.8, 4) is 0 Å². The Morgan fingerprint density at radius 3 is 2.27 bits per heavy atom. The fourth-order valence-corrected chi connectivity index (χ4v) is 1.12. The van der Waals surface area contributed by atoms with E-state index < -0.39 is 17.9 Å². The molecule has 0 fully saturated rings. The summed E-state index contributed by atoms with van der Waals surface area (Å²) in [7, 11) is 0. The molecule has 0 spiro atoms. The zero-order valence-corrected chi connectivity index (χ0v) is 9.14. The van der Waals surface area contributed by atoms with Crippen molar-refractivity contribution >= 4 is 11.9 Å². The van der Waals surface area contributed by atoms with Crippen LogP contribution in [0.1, 0.15) is 33.1 Å². The third-order valence-corrected chi connectivity index (χ3v) is 1.99. The molecule has 0 amide bonds. The van der Waals surface area contributed by atoms with Crippen LogP contribution in [-0.2, 0) is 9.59 Å². The summed E-state index contributed by atoms with van der Waals surface area (Å²) in [6, 6.07) is 0. The van der Waals surface area contributed by atoms with E-state index in [2.05, 4.69) is 13.8 Å². The van der Waals surface area contributed by atoms with Crippen molar-refractivity contribution in [3.05, 3.63) is 12.2 Å². The van der Waals surface area contributed by atoms with Crippen LogP contribution in [0.3, 0.4) is 0 Å². The van der Waals surface area contributed by atoms with Gasteiger partial charge in [0.2, 0.25) is 0 Å². The second kappa shape index (κ2) is 7.04. The van der Waals surface area contributed by atoms with Gasteiger partial charge in [-0.25, -0.2) is 0 Å². The van der Waals surface area contributed by atoms with Gasteiger partial charge >= 0.3 is 11.9 Å². The van der Waals surface area contributed by atoms with Gasteiger partial charge in [0.05, 0.1) is 12.3 Å². The molecule has 0 heterocycles. The lowest BCUT2D eigenvalue weighted by Crippen LogP contribution is -2.15. The second-order valence-electron chi connectivity index (χ2n) is 3.94. The van der Waals surface area contributed by atoms with Crippen LogP contribution in [0, 0.1) is 11.8 Å². The first-order valence-corrected chi connectivity index (χ1v) is 5.04. The summed E-state index contributed by atoms with van der Waals surface area (Å²) in [4.78, 5) is 21.0. The van der Waals surface area contributed by atoms with Crippen LogP contribution in [0.15, 0.2) is 12.2 Å². The van der Waals surface area contributed by atoms with Crippen molar-refractivity contribution in [1.29, 1.82) is 0 Å². The Hall–Kier alpha value is -1.32. The molecule has 0 aliphatic heterocycles. The Kier molecular flexibility index (Phi) is 6.42. The third kappa shape index (κ3) is 7.73. The highest BCUT2D eigenvalue weighted by molar-refractivity contribution is 5.79. The van der Waals surface area contributed by atoms with Crippen molar-refractivity contribution in [2.75, 3.05) is 0 Å². The summed E-state index contributed by atoms with van der Waals surface area (Å²) in [5, 5.41) is 17.2. The van der Waals surface area contributed by atoms with E-state index in [1.165, 1.54) is 6.08 Å². The smallest absolute Gasteiger partial charge is 0.310 e. The molecule has 0 aromatic carbocycles. The quantitative estimate of drug-likeness (QED) is 0.637. The average Bonchev–Trinajstić information content (AvgIpc) is 2.08. The zero-order chi connectivity index (χ0) is 11.8.